The summed E-state index contributed by atoms with van der Waals surface area (Å²) < 4.78 is 4.77. The molecule has 0 radical (unpaired) electrons. The molecule has 0 bridgehead atoms. The fraction of sp³-hybridized carbons (Fsp3) is 0.182. The molecule has 3 aromatic rings. The molecule has 0 fully saturated rings. The van der Waals surface area contributed by atoms with Gasteiger partial charge in [0.25, 0.3) is 0 Å². The molecule has 1 amide bonds. The lowest BCUT2D eigenvalue weighted by Gasteiger charge is -2.12. The number of esters is 1. The van der Waals surface area contributed by atoms with E-state index in [2.05, 4.69) is 29.6 Å². The Bertz CT molecular complexity index is 957. The van der Waals surface area contributed by atoms with Crippen LogP contribution in [-0.4, -0.2) is 19.0 Å². The molecule has 0 heterocycles. The van der Waals surface area contributed by atoms with Crippen molar-refractivity contribution in [2.45, 2.75) is 19.8 Å². The second-order valence-electron chi connectivity index (χ2n) is 6.16. The predicted molar refractivity (Wildman–Crippen MR) is 103 cm³/mol. The van der Waals surface area contributed by atoms with Crippen LogP contribution in [0.3, 0.4) is 0 Å². The van der Waals surface area contributed by atoms with Gasteiger partial charge in [-0.3, -0.25) is 4.79 Å². The number of carbonyl (C=O) groups is 2. The average Bonchev–Trinajstić information content (AvgIpc) is 2.67. The van der Waals surface area contributed by atoms with Gasteiger partial charge in [0.15, 0.2) is 0 Å². The number of benzene rings is 3. The lowest BCUT2D eigenvalue weighted by molar-refractivity contribution is -0.116. The van der Waals surface area contributed by atoms with Crippen molar-refractivity contribution in [2.24, 2.45) is 0 Å². The smallest absolute Gasteiger partial charge is 0.338 e. The molecule has 3 rings (SSSR count). The maximum atomic E-state index is 12.4. The summed E-state index contributed by atoms with van der Waals surface area (Å²) in [6, 6.07) is 19.5. The summed E-state index contributed by atoms with van der Waals surface area (Å²) in [6.45, 7) is 1.80. The Morgan fingerprint density at radius 1 is 0.962 bits per heavy atom. The predicted octanol–water partition coefficient (Wildman–Crippen LogP) is 4.51. The van der Waals surface area contributed by atoms with Crippen molar-refractivity contribution in [3.8, 4) is 0 Å². The number of nitrogens with one attached hydrogen (secondary N) is 1. The van der Waals surface area contributed by atoms with Gasteiger partial charge >= 0.3 is 5.97 Å². The molecule has 4 heteroatoms. The third kappa shape index (κ3) is 3.75. The number of amides is 1. The van der Waals surface area contributed by atoms with Crippen LogP contribution in [0.5, 0.6) is 0 Å². The van der Waals surface area contributed by atoms with E-state index in [9.17, 15) is 9.59 Å². The Morgan fingerprint density at radius 2 is 1.69 bits per heavy atom. The summed E-state index contributed by atoms with van der Waals surface area (Å²) in [5.74, 6) is -0.489. The highest BCUT2D eigenvalue weighted by molar-refractivity contribution is 5.97. The van der Waals surface area contributed by atoms with E-state index < -0.39 is 5.97 Å². The monoisotopic (exact) mass is 347 g/mol. The van der Waals surface area contributed by atoms with Gasteiger partial charge in [0.2, 0.25) is 5.91 Å². The molecule has 132 valence electrons. The van der Waals surface area contributed by atoms with Crippen LogP contribution in [0.25, 0.3) is 10.8 Å². The van der Waals surface area contributed by atoms with Crippen LogP contribution in [0.1, 0.15) is 27.9 Å². The SMILES string of the molecule is COC(=O)c1cccc(NC(=O)CCc2cccc3ccccc23)c1C. The third-order valence-corrected chi connectivity index (χ3v) is 4.51. The van der Waals surface area contributed by atoms with Gasteiger partial charge in [0.05, 0.1) is 12.7 Å². The summed E-state index contributed by atoms with van der Waals surface area (Å²) >= 11 is 0. The van der Waals surface area contributed by atoms with Crippen molar-refractivity contribution < 1.29 is 14.3 Å². The van der Waals surface area contributed by atoms with E-state index in [0.29, 0.717) is 29.7 Å². The van der Waals surface area contributed by atoms with Crippen LogP contribution >= 0.6 is 0 Å². The largest absolute Gasteiger partial charge is 0.465 e. The molecular weight excluding hydrogens is 326 g/mol. The van der Waals surface area contributed by atoms with E-state index >= 15 is 0 Å². The minimum atomic E-state index is -0.408. The fourth-order valence-corrected chi connectivity index (χ4v) is 3.07. The second-order valence-corrected chi connectivity index (χ2v) is 6.16. The number of methoxy groups -OCH3 is 1. The minimum Gasteiger partial charge on any atom is -0.465 e. The Hall–Kier alpha value is -3.14. The molecule has 0 atom stereocenters. The Balaban J connectivity index is 1.71. The number of anilines is 1. The first-order valence-electron chi connectivity index (χ1n) is 8.54. The molecule has 0 unspecified atom stereocenters. The van der Waals surface area contributed by atoms with Crippen LogP contribution in [0.15, 0.2) is 60.7 Å². The summed E-state index contributed by atoms with van der Waals surface area (Å²) in [6.07, 6.45) is 1.03. The standard InChI is InChI=1S/C22H21NO3/c1-15-18(22(25)26-2)11-6-12-20(15)23-21(24)14-13-17-9-5-8-16-7-3-4-10-19(16)17/h3-12H,13-14H2,1-2H3,(H,23,24). The third-order valence-electron chi connectivity index (χ3n) is 4.51. The van der Waals surface area contributed by atoms with Gasteiger partial charge in [-0.2, -0.15) is 0 Å². The highest BCUT2D eigenvalue weighted by Gasteiger charge is 2.13. The molecule has 1 N–H and O–H groups in total. The number of aryl methyl sites for hydroxylation is 1. The van der Waals surface area contributed by atoms with Crippen LogP contribution in [0.4, 0.5) is 5.69 Å². The zero-order valence-electron chi connectivity index (χ0n) is 14.9. The summed E-state index contributed by atoms with van der Waals surface area (Å²) in [5, 5.41) is 5.25. The summed E-state index contributed by atoms with van der Waals surface area (Å²) in [7, 11) is 1.34. The van der Waals surface area contributed by atoms with Crippen molar-refractivity contribution in [2.75, 3.05) is 12.4 Å². The molecule has 0 aliphatic heterocycles. The lowest BCUT2D eigenvalue weighted by atomic mass is 10.0. The van der Waals surface area contributed by atoms with Crippen molar-refractivity contribution in [1.29, 1.82) is 0 Å². The van der Waals surface area contributed by atoms with E-state index in [1.165, 1.54) is 17.9 Å². The van der Waals surface area contributed by atoms with E-state index in [4.69, 9.17) is 4.74 Å². The van der Waals surface area contributed by atoms with Crippen LogP contribution in [-0.2, 0) is 16.0 Å². The Morgan fingerprint density at radius 3 is 2.50 bits per heavy atom. The van der Waals surface area contributed by atoms with Gasteiger partial charge in [-0.25, -0.2) is 4.79 Å². The molecule has 3 aromatic carbocycles. The van der Waals surface area contributed by atoms with E-state index in [-0.39, 0.29) is 5.91 Å². The molecule has 4 nitrogen and oxygen atoms in total. The molecule has 0 spiro atoms. The summed E-state index contributed by atoms with van der Waals surface area (Å²) in [5.41, 5.74) is 2.95. The van der Waals surface area contributed by atoms with Crippen molar-refractivity contribution in [3.05, 3.63) is 77.4 Å². The Labute approximate surface area is 152 Å². The van der Waals surface area contributed by atoms with E-state index in [1.807, 2.05) is 18.2 Å². The number of fused-ring (bicyclic) bond motifs is 1. The number of carbonyl (C=O) groups excluding carboxylic acids is 2. The maximum Gasteiger partial charge on any atom is 0.338 e. The first-order valence-corrected chi connectivity index (χ1v) is 8.54. The number of rotatable bonds is 5. The minimum absolute atomic E-state index is 0.0805. The summed E-state index contributed by atoms with van der Waals surface area (Å²) in [4.78, 5) is 24.2. The highest BCUT2D eigenvalue weighted by Crippen LogP contribution is 2.22. The number of hydrogen-bond donors (Lipinski definition) is 1. The van der Waals surface area contributed by atoms with E-state index in [1.54, 1.807) is 25.1 Å². The molecule has 0 aliphatic carbocycles. The van der Waals surface area contributed by atoms with Crippen LogP contribution in [0, 0.1) is 6.92 Å². The molecule has 26 heavy (non-hydrogen) atoms. The molecule has 0 aliphatic rings. The lowest BCUT2D eigenvalue weighted by Crippen LogP contribution is -2.15. The zero-order chi connectivity index (χ0) is 18.5. The van der Waals surface area contributed by atoms with Crippen molar-refractivity contribution in [3.63, 3.8) is 0 Å². The molecule has 0 saturated heterocycles. The first-order chi connectivity index (χ1) is 12.6. The topological polar surface area (TPSA) is 55.4 Å². The van der Waals surface area contributed by atoms with Gasteiger partial charge in [0, 0.05) is 12.1 Å². The molecule has 0 saturated carbocycles. The van der Waals surface area contributed by atoms with Gasteiger partial charge in [-0.05, 0) is 47.4 Å². The van der Waals surface area contributed by atoms with Gasteiger partial charge in [-0.15, -0.1) is 0 Å². The van der Waals surface area contributed by atoms with Crippen LogP contribution < -0.4 is 5.32 Å². The maximum absolute atomic E-state index is 12.4. The van der Waals surface area contributed by atoms with Crippen molar-refractivity contribution >= 4 is 28.3 Å². The highest BCUT2D eigenvalue weighted by atomic mass is 16.5. The second kappa shape index (κ2) is 7.83. The zero-order valence-corrected chi connectivity index (χ0v) is 14.9. The van der Waals surface area contributed by atoms with Gasteiger partial charge < -0.3 is 10.1 Å². The van der Waals surface area contributed by atoms with Gasteiger partial charge in [0.1, 0.15) is 0 Å². The van der Waals surface area contributed by atoms with Crippen molar-refractivity contribution in [1.82, 2.24) is 0 Å². The molecular formula is C22H21NO3. The van der Waals surface area contributed by atoms with Gasteiger partial charge in [-0.1, -0.05) is 48.5 Å². The molecule has 0 aromatic heterocycles. The first kappa shape index (κ1) is 17.7. The Kier molecular flexibility index (Phi) is 5.32. The van der Waals surface area contributed by atoms with Crippen LogP contribution in [0.2, 0.25) is 0 Å². The number of ether oxygens (including phenoxy) is 1. The normalized spacial score (nSPS) is 10.5. The quantitative estimate of drug-likeness (QED) is 0.691. The fourth-order valence-electron chi connectivity index (χ4n) is 3.07. The number of hydrogen-bond acceptors (Lipinski definition) is 3. The van der Waals surface area contributed by atoms with E-state index in [0.717, 1.165) is 5.56 Å². The average molecular weight is 347 g/mol.